The van der Waals surface area contributed by atoms with E-state index in [1.807, 2.05) is 6.92 Å². The standard InChI is InChI=1S/C11H12BrNO2/c1-6-7(11(13)2-3-11)4-8(12)10-9(6)14-5-15-10/h4H,2-3,5,13H2,1H3. The molecule has 1 aromatic rings. The number of halogens is 1. The van der Waals surface area contributed by atoms with E-state index in [0.29, 0.717) is 6.79 Å². The molecule has 1 saturated carbocycles. The molecule has 0 saturated heterocycles. The van der Waals surface area contributed by atoms with Crippen molar-refractivity contribution in [3.8, 4) is 11.5 Å². The summed E-state index contributed by atoms with van der Waals surface area (Å²) in [7, 11) is 0. The lowest BCUT2D eigenvalue weighted by molar-refractivity contribution is 0.173. The first-order chi connectivity index (χ1) is 7.12. The van der Waals surface area contributed by atoms with Crippen LogP contribution in [0.15, 0.2) is 10.5 Å². The van der Waals surface area contributed by atoms with Crippen LogP contribution in [0.4, 0.5) is 0 Å². The molecule has 80 valence electrons. The van der Waals surface area contributed by atoms with E-state index in [9.17, 15) is 0 Å². The van der Waals surface area contributed by atoms with E-state index in [2.05, 4.69) is 22.0 Å². The molecule has 4 heteroatoms. The Morgan fingerprint density at radius 2 is 2.00 bits per heavy atom. The monoisotopic (exact) mass is 269 g/mol. The van der Waals surface area contributed by atoms with Crippen LogP contribution in [0.25, 0.3) is 0 Å². The third-order valence-electron chi connectivity index (χ3n) is 3.17. The molecule has 1 aliphatic heterocycles. The normalized spacial score (nSPS) is 20.5. The lowest BCUT2D eigenvalue weighted by atomic mass is 9.99. The summed E-state index contributed by atoms with van der Waals surface area (Å²) in [5, 5.41) is 0. The molecule has 0 spiro atoms. The number of fused-ring (bicyclic) bond motifs is 1. The van der Waals surface area contributed by atoms with Crippen molar-refractivity contribution in [3.63, 3.8) is 0 Å². The summed E-state index contributed by atoms with van der Waals surface area (Å²) >= 11 is 3.49. The van der Waals surface area contributed by atoms with Gasteiger partial charge in [-0.1, -0.05) is 0 Å². The Kier molecular flexibility index (Phi) is 1.83. The Balaban J connectivity index is 2.21. The summed E-state index contributed by atoms with van der Waals surface area (Å²) in [5.41, 5.74) is 8.38. The molecular formula is C11H12BrNO2. The molecule has 0 radical (unpaired) electrons. The van der Waals surface area contributed by atoms with Crippen molar-refractivity contribution in [3.05, 3.63) is 21.7 Å². The third kappa shape index (κ3) is 1.28. The van der Waals surface area contributed by atoms with Crippen LogP contribution in [0.1, 0.15) is 24.0 Å². The van der Waals surface area contributed by atoms with Crippen molar-refractivity contribution in [1.29, 1.82) is 0 Å². The summed E-state index contributed by atoms with van der Waals surface area (Å²) in [4.78, 5) is 0. The van der Waals surface area contributed by atoms with E-state index < -0.39 is 0 Å². The van der Waals surface area contributed by atoms with Gasteiger partial charge in [0, 0.05) is 11.1 Å². The number of ether oxygens (including phenoxy) is 2. The van der Waals surface area contributed by atoms with Gasteiger partial charge in [-0.15, -0.1) is 0 Å². The zero-order chi connectivity index (χ0) is 10.6. The van der Waals surface area contributed by atoms with Gasteiger partial charge >= 0.3 is 0 Å². The number of hydrogen-bond donors (Lipinski definition) is 1. The van der Waals surface area contributed by atoms with Gasteiger partial charge in [-0.25, -0.2) is 0 Å². The SMILES string of the molecule is Cc1c(C2(N)CC2)cc(Br)c2c1OCO2. The number of benzene rings is 1. The van der Waals surface area contributed by atoms with E-state index in [0.717, 1.165) is 34.4 Å². The number of hydrogen-bond acceptors (Lipinski definition) is 3. The summed E-state index contributed by atoms with van der Waals surface area (Å²) in [6.07, 6.45) is 2.11. The minimum atomic E-state index is -0.131. The molecule has 1 aliphatic carbocycles. The Labute approximate surface area is 96.7 Å². The molecule has 0 bridgehead atoms. The molecular weight excluding hydrogens is 258 g/mol. The summed E-state index contributed by atoms with van der Waals surface area (Å²) in [6, 6.07) is 2.07. The zero-order valence-corrected chi connectivity index (χ0v) is 10.1. The van der Waals surface area contributed by atoms with Crippen LogP contribution in [0.3, 0.4) is 0 Å². The third-order valence-corrected chi connectivity index (χ3v) is 3.76. The highest BCUT2D eigenvalue weighted by Crippen LogP contribution is 2.51. The topological polar surface area (TPSA) is 44.5 Å². The molecule has 3 rings (SSSR count). The molecule has 3 nitrogen and oxygen atoms in total. The first-order valence-corrected chi connectivity index (χ1v) is 5.79. The average Bonchev–Trinajstić information content (AvgIpc) is 2.79. The number of rotatable bonds is 1. The average molecular weight is 270 g/mol. The van der Waals surface area contributed by atoms with Crippen LogP contribution in [0, 0.1) is 6.92 Å². The van der Waals surface area contributed by atoms with Crippen molar-refractivity contribution in [2.24, 2.45) is 5.73 Å². The summed E-state index contributed by atoms with van der Waals surface area (Å²) in [6.45, 7) is 2.35. The van der Waals surface area contributed by atoms with Crippen molar-refractivity contribution in [2.45, 2.75) is 25.3 Å². The summed E-state index contributed by atoms with van der Waals surface area (Å²) < 4.78 is 11.8. The van der Waals surface area contributed by atoms with Crippen LogP contribution < -0.4 is 15.2 Å². The van der Waals surface area contributed by atoms with Gasteiger partial charge in [0.2, 0.25) is 6.79 Å². The molecule has 0 amide bonds. The fraction of sp³-hybridized carbons (Fsp3) is 0.455. The van der Waals surface area contributed by atoms with Crippen LogP contribution >= 0.6 is 15.9 Å². The van der Waals surface area contributed by atoms with Crippen LogP contribution in [-0.2, 0) is 5.54 Å². The largest absolute Gasteiger partial charge is 0.453 e. The smallest absolute Gasteiger partial charge is 0.231 e. The van der Waals surface area contributed by atoms with E-state index >= 15 is 0 Å². The molecule has 1 aromatic carbocycles. The number of nitrogens with two attached hydrogens (primary N) is 1. The molecule has 15 heavy (non-hydrogen) atoms. The molecule has 1 fully saturated rings. The Hall–Kier alpha value is -0.740. The zero-order valence-electron chi connectivity index (χ0n) is 8.47. The van der Waals surface area contributed by atoms with Crippen molar-refractivity contribution in [1.82, 2.24) is 0 Å². The van der Waals surface area contributed by atoms with Gasteiger partial charge in [0.25, 0.3) is 0 Å². The maximum atomic E-state index is 6.21. The van der Waals surface area contributed by atoms with Gasteiger partial charge in [0.05, 0.1) is 4.47 Å². The van der Waals surface area contributed by atoms with E-state index in [-0.39, 0.29) is 5.54 Å². The van der Waals surface area contributed by atoms with Gasteiger partial charge in [0.15, 0.2) is 11.5 Å². The molecule has 1 heterocycles. The molecule has 2 aliphatic rings. The van der Waals surface area contributed by atoms with Gasteiger partial charge in [-0.05, 0) is 47.3 Å². The lowest BCUT2D eigenvalue weighted by Gasteiger charge is -2.15. The van der Waals surface area contributed by atoms with E-state index in [1.54, 1.807) is 0 Å². The maximum Gasteiger partial charge on any atom is 0.231 e. The Morgan fingerprint density at radius 3 is 2.67 bits per heavy atom. The minimum Gasteiger partial charge on any atom is -0.453 e. The fourth-order valence-electron chi connectivity index (χ4n) is 2.08. The van der Waals surface area contributed by atoms with Crippen molar-refractivity contribution >= 4 is 15.9 Å². The molecule has 0 atom stereocenters. The first kappa shape index (κ1) is 9.48. The van der Waals surface area contributed by atoms with Crippen LogP contribution in [0.2, 0.25) is 0 Å². The quantitative estimate of drug-likeness (QED) is 0.852. The van der Waals surface area contributed by atoms with Crippen LogP contribution in [0.5, 0.6) is 11.5 Å². The van der Waals surface area contributed by atoms with E-state index in [1.165, 1.54) is 5.56 Å². The Bertz CT molecular complexity index is 441. The Morgan fingerprint density at radius 1 is 1.33 bits per heavy atom. The highest BCUT2D eigenvalue weighted by molar-refractivity contribution is 9.10. The second kappa shape index (κ2) is 2.89. The summed E-state index contributed by atoms with van der Waals surface area (Å²) in [5.74, 6) is 1.65. The molecule has 0 unspecified atom stereocenters. The maximum absolute atomic E-state index is 6.21. The van der Waals surface area contributed by atoms with Gasteiger partial charge in [0.1, 0.15) is 0 Å². The van der Waals surface area contributed by atoms with Gasteiger partial charge in [-0.2, -0.15) is 0 Å². The fourth-order valence-corrected chi connectivity index (χ4v) is 2.60. The molecule has 0 aromatic heterocycles. The molecule has 2 N–H and O–H groups in total. The predicted molar refractivity (Wildman–Crippen MR) is 60.1 cm³/mol. The second-order valence-electron chi connectivity index (χ2n) is 4.25. The van der Waals surface area contributed by atoms with E-state index in [4.69, 9.17) is 15.2 Å². The van der Waals surface area contributed by atoms with Crippen molar-refractivity contribution < 1.29 is 9.47 Å². The van der Waals surface area contributed by atoms with Crippen LogP contribution in [-0.4, -0.2) is 6.79 Å². The first-order valence-electron chi connectivity index (χ1n) is 5.00. The highest BCUT2D eigenvalue weighted by Gasteiger charge is 2.42. The van der Waals surface area contributed by atoms with Crippen molar-refractivity contribution in [2.75, 3.05) is 6.79 Å². The minimum absolute atomic E-state index is 0.131. The highest BCUT2D eigenvalue weighted by atomic mass is 79.9. The van der Waals surface area contributed by atoms with Gasteiger partial charge in [-0.3, -0.25) is 0 Å². The van der Waals surface area contributed by atoms with Gasteiger partial charge < -0.3 is 15.2 Å². The predicted octanol–water partition coefficient (Wildman–Crippen LogP) is 2.43. The second-order valence-corrected chi connectivity index (χ2v) is 5.11. The lowest BCUT2D eigenvalue weighted by Crippen LogP contribution is -2.20.